The van der Waals surface area contributed by atoms with Gasteiger partial charge >= 0.3 is 0 Å². The van der Waals surface area contributed by atoms with E-state index in [0.29, 0.717) is 29.0 Å². The minimum atomic E-state index is 0.478. The van der Waals surface area contributed by atoms with Crippen LogP contribution in [-0.2, 0) is 13.1 Å². The van der Waals surface area contributed by atoms with E-state index in [4.69, 9.17) is 33.3 Å². The largest absolute Gasteiger partial charge is 0.497 e. The van der Waals surface area contributed by atoms with Gasteiger partial charge in [0.2, 0.25) is 0 Å². The molecule has 1 aliphatic rings. The normalized spacial score (nSPS) is 13.5. The Labute approximate surface area is 133 Å². The first kappa shape index (κ1) is 14.2. The highest BCUT2D eigenvalue weighted by atomic mass is 35.5. The average molecular weight is 321 g/mol. The molecule has 0 fully saturated rings. The number of amidine groups is 1. The third-order valence-corrected chi connectivity index (χ3v) is 4.31. The molecule has 0 saturated heterocycles. The lowest BCUT2D eigenvalue weighted by Crippen LogP contribution is -2.23. The first-order chi connectivity index (χ1) is 10.1. The van der Waals surface area contributed by atoms with Gasteiger partial charge in [0.05, 0.1) is 17.2 Å². The fraction of sp³-hybridized carbons (Fsp3) is 0.188. The Kier molecular flexibility index (Phi) is 3.79. The van der Waals surface area contributed by atoms with Crippen LogP contribution in [0, 0.1) is 5.41 Å². The number of benzene rings is 2. The van der Waals surface area contributed by atoms with Gasteiger partial charge in [-0.3, -0.25) is 5.41 Å². The summed E-state index contributed by atoms with van der Waals surface area (Å²) in [4.78, 5) is 1.99. The number of nitrogens with one attached hydrogen (secondary N) is 1. The molecule has 0 saturated carbocycles. The smallest absolute Gasteiger partial charge is 0.129 e. The van der Waals surface area contributed by atoms with Crippen molar-refractivity contribution in [2.45, 2.75) is 13.1 Å². The zero-order valence-corrected chi connectivity index (χ0v) is 13.0. The lowest BCUT2D eigenvalue weighted by Gasteiger charge is -2.18. The first-order valence-corrected chi connectivity index (χ1v) is 7.29. The highest BCUT2D eigenvalue weighted by Gasteiger charge is 2.25. The van der Waals surface area contributed by atoms with Crippen LogP contribution < -0.4 is 4.74 Å². The van der Waals surface area contributed by atoms with Crippen LogP contribution in [0.5, 0.6) is 5.75 Å². The van der Waals surface area contributed by atoms with Gasteiger partial charge in [0, 0.05) is 18.7 Å². The summed E-state index contributed by atoms with van der Waals surface area (Å²) in [6.45, 7) is 1.32. The number of ether oxygens (including phenoxy) is 1. The van der Waals surface area contributed by atoms with E-state index in [0.717, 1.165) is 22.4 Å². The van der Waals surface area contributed by atoms with Crippen LogP contribution in [0.4, 0.5) is 0 Å². The van der Waals surface area contributed by atoms with E-state index in [1.165, 1.54) is 0 Å². The highest BCUT2D eigenvalue weighted by molar-refractivity contribution is 6.42. The monoisotopic (exact) mass is 320 g/mol. The highest BCUT2D eigenvalue weighted by Crippen LogP contribution is 2.32. The Morgan fingerprint density at radius 3 is 2.71 bits per heavy atom. The van der Waals surface area contributed by atoms with E-state index in [2.05, 4.69) is 0 Å². The summed E-state index contributed by atoms with van der Waals surface area (Å²) < 4.78 is 5.23. The summed E-state index contributed by atoms with van der Waals surface area (Å²) in [5.74, 6) is 1.30. The lowest BCUT2D eigenvalue weighted by molar-refractivity contribution is 0.406. The Balaban J connectivity index is 1.84. The number of nitrogens with zero attached hydrogens (tertiary/aromatic N) is 1. The zero-order valence-electron chi connectivity index (χ0n) is 11.5. The van der Waals surface area contributed by atoms with Gasteiger partial charge in [-0.25, -0.2) is 0 Å². The summed E-state index contributed by atoms with van der Waals surface area (Å²) in [7, 11) is 1.65. The Morgan fingerprint density at radius 2 is 1.95 bits per heavy atom. The van der Waals surface area contributed by atoms with Crippen molar-refractivity contribution in [3.63, 3.8) is 0 Å². The summed E-state index contributed by atoms with van der Waals surface area (Å²) in [6.07, 6.45) is 0. The van der Waals surface area contributed by atoms with Gasteiger partial charge in [-0.15, -0.1) is 0 Å². The van der Waals surface area contributed by atoms with Gasteiger partial charge in [-0.2, -0.15) is 0 Å². The molecule has 21 heavy (non-hydrogen) atoms. The molecule has 5 heteroatoms. The second-order valence-electron chi connectivity index (χ2n) is 4.98. The van der Waals surface area contributed by atoms with Crippen molar-refractivity contribution in [3.8, 4) is 5.75 Å². The van der Waals surface area contributed by atoms with E-state index < -0.39 is 0 Å². The molecule has 0 bridgehead atoms. The quantitative estimate of drug-likeness (QED) is 0.913. The van der Waals surface area contributed by atoms with Crippen molar-refractivity contribution in [3.05, 3.63) is 63.1 Å². The Morgan fingerprint density at radius 1 is 1.19 bits per heavy atom. The molecule has 0 unspecified atom stereocenters. The van der Waals surface area contributed by atoms with E-state index >= 15 is 0 Å². The van der Waals surface area contributed by atoms with Crippen molar-refractivity contribution < 1.29 is 4.74 Å². The fourth-order valence-corrected chi connectivity index (χ4v) is 2.87. The van der Waals surface area contributed by atoms with Crippen LogP contribution >= 0.6 is 23.2 Å². The number of methoxy groups -OCH3 is 1. The molecule has 3 rings (SSSR count). The Bertz CT molecular complexity index is 715. The molecule has 1 N–H and O–H groups in total. The SMILES string of the molecule is COc1cccc(CN2Cc3cc(Cl)c(Cl)cc3C2=N)c1. The van der Waals surface area contributed by atoms with Crippen molar-refractivity contribution in [2.24, 2.45) is 0 Å². The minimum Gasteiger partial charge on any atom is -0.497 e. The number of hydrogen-bond donors (Lipinski definition) is 1. The summed E-state index contributed by atoms with van der Waals surface area (Å²) >= 11 is 12.1. The van der Waals surface area contributed by atoms with E-state index in [9.17, 15) is 0 Å². The van der Waals surface area contributed by atoms with Crippen LogP contribution in [0.1, 0.15) is 16.7 Å². The molecule has 3 nitrogen and oxygen atoms in total. The van der Waals surface area contributed by atoms with Crippen LogP contribution in [0.3, 0.4) is 0 Å². The van der Waals surface area contributed by atoms with Gasteiger partial charge in [-0.1, -0.05) is 35.3 Å². The maximum Gasteiger partial charge on any atom is 0.129 e. The molecular weight excluding hydrogens is 307 g/mol. The van der Waals surface area contributed by atoms with Crippen LogP contribution in [-0.4, -0.2) is 17.8 Å². The van der Waals surface area contributed by atoms with E-state index in [1.807, 2.05) is 35.2 Å². The average Bonchev–Trinajstić information content (AvgIpc) is 2.76. The van der Waals surface area contributed by atoms with Crippen molar-refractivity contribution in [1.82, 2.24) is 4.90 Å². The number of hydrogen-bond acceptors (Lipinski definition) is 2. The summed E-state index contributed by atoms with van der Waals surface area (Å²) in [6, 6.07) is 11.5. The van der Waals surface area contributed by atoms with E-state index in [1.54, 1.807) is 13.2 Å². The molecule has 108 valence electrons. The third-order valence-electron chi connectivity index (χ3n) is 3.59. The predicted octanol–water partition coefficient (Wildman–Crippen LogP) is 4.34. The maximum absolute atomic E-state index is 8.30. The molecular formula is C16H14Cl2N2O. The molecule has 1 heterocycles. The van der Waals surface area contributed by atoms with Gasteiger partial charge in [0.25, 0.3) is 0 Å². The first-order valence-electron chi connectivity index (χ1n) is 6.53. The van der Waals surface area contributed by atoms with E-state index in [-0.39, 0.29) is 0 Å². The molecule has 1 aliphatic heterocycles. The van der Waals surface area contributed by atoms with Gasteiger partial charge in [0.15, 0.2) is 0 Å². The molecule has 0 spiro atoms. The number of halogens is 2. The fourth-order valence-electron chi connectivity index (χ4n) is 2.52. The van der Waals surface area contributed by atoms with Crippen molar-refractivity contribution in [1.29, 1.82) is 5.41 Å². The van der Waals surface area contributed by atoms with Gasteiger partial charge in [-0.05, 0) is 35.4 Å². The zero-order chi connectivity index (χ0) is 15.0. The molecule has 0 amide bonds. The van der Waals surface area contributed by atoms with Gasteiger partial charge < -0.3 is 9.64 Å². The molecule has 0 aliphatic carbocycles. The standard InChI is InChI=1S/C16H14Cl2N2O/c1-21-12-4-2-3-10(5-12)8-20-9-11-6-14(17)15(18)7-13(11)16(20)19/h2-7,19H,8-9H2,1H3. The van der Waals surface area contributed by atoms with Crippen molar-refractivity contribution in [2.75, 3.05) is 7.11 Å². The summed E-state index contributed by atoms with van der Waals surface area (Å²) in [5.41, 5.74) is 2.99. The topological polar surface area (TPSA) is 36.3 Å². The second kappa shape index (κ2) is 5.58. The molecule has 0 aromatic heterocycles. The Hall–Kier alpha value is -1.71. The lowest BCUT2D eigenvalue weighted by atomic mass is 10.1. The van der Waals surface area contributed by atoms with Gasteiger partial charge in [0.1, 0.15) is 11.6 Å². The van der Waals surface area contributed by atoms with Crippen LogP contribution in [0.25, 0.3) is 0 Å². The molecule has 2 aromatic carbocycles. The minimum absolute atomic E-state index is 0.478. The number of fused-ring (bicyclic) bond motifs is 1. The number of rotatable bonds is 3. The molecule has 0 radical (unpaired) electrons. The maximum atomic E-state index is 8.30. The van der Waals surface area contributed by atoms with Crippen molar-refractivity contribution >= 4 is 29.0 Å². The molecule has 0 atom stereocenters. The summed E-state index contributed by atoms with van der Waals surface area (Å²) in [5, 5.41) is 9.32. The van der Waals surface area contributed by atoms with Crippen LogP contribution in [0.15, 0.2) is 36.4 Å². The predicted molar refractivity (Wildman–Crippen MR) is 85.5 cm³/mol. The third kappa shape index (κ3) is 2.71. The second-order valence-corrected chi connectivity index (χ2v) is 5.79. The van der Waals surface area contributed by atoms with Crippen LogP contribution in [0.2, 0.25) is 10.0 Å². The molecule has 2 aromatic rings.